The van der Waals surface area contributed by atoms with Crippen LogP contribution in [0.5, 0.6) is 5.75 Å². The van der Waals surface area contributed by atoms with Crippen LogP contribution in [0.15, 0.2) is 42.5 Å². The molecule has 0 radical (unpaired) electrons. The summed E-state index contributed by atoms with van der Waals surface area (Å²) >= 11 is 3.62. The van der Waals surface area contributed by atoms with Crippen LogP contribution in [0.2, 0.25) is 0 Å². The zero-order chi connectivity index (χ0) is 14.1. The Bertz CT molecular complexity index is 601. The molecule has 0 spiro atoms. The van der Waals surface area contributed by atoms with Crippen molar-refractivity contribution in [2.75, 3.05) is 7.11 Å². The average molecular weight is 331 g/mol. The van der Waals surface area contributed by atoms with E-state index in [1.54, 1.807) is 7.11 Å². The summed E-state index contributed by atoms with van der Waals surface area (Å²) in [4.78, 5) is 0.414. The first-order valence-electron chi connectivity index (χ1n) is 7.10. The van der Waals surface area contributed by atoms with E-state index in [9.17, 15) is 0 Å². The quantitative estimate of drug-likeness (QED) is 0.700. The van der Waals surface area contributed by atoms with E-state index in [-0.39, 0.29) is 0 Å². The minimum absolute atomic E-state index is 0.414. The highest BCUT2D eigenvalue weighted by Crippen LogP contribution is 2.39. The van der Waals surface area contributed by atoms with E-state index in [4.69, 9.17) is 4.74 Å². The third-order valence-corrected chi connectivity index (χ3v) is 4.75. The van der Waals surface area contributed by atoms with E-state index in [0.29, 0.717) is 10.7 Å². The predicted molar refractivity (Wildman–Crippen MR) is 86.9 cm³/mol. The second kappa shape index (κ2) is 5.61. The number of fused-ring (bicyclic) bond motifs is 1. The van der Waals surface area contributed by atoms with Gasteiger partial charge in [0.2, 0.25) is 0 Å². The molecular weight excluding hydrogens is 312 g/mol. The van der Waals surface area contributed by atoms with Crippen LogP contribution in [-0.2, 0) is 6.42 Å². The van der Waals surface area contributed by atoms with Crippen LogP contribution in [0.3, 0.4) is 0 Å². The van der Waals surface area contributed by atoms with Crippen molar-refractivity contribution in [3.8, 4) is 5.75 Å². The highest BCUT2D eigenvalue weighted by atomic mass is 79.9. The molecule has 0 heterocycles. The van der Waals surface area contributed by atoms with Gasteiger partial charge in [-0.3, -0.25) is 0 Å². The largest absolute Gasteiger partial charge is 0.497 e. The van der Waals surface area contributed by atoms with E-state index < -0.39 is 0 Å². The number of hydrogen-bond acceptors (Lipinski definition) is 1. The van der Waals surface area contributed by atoms with E-state index >= 15 is 0 Å². The molecule has 2 aromatic carbocycles. The summed E-state index contributed by atoms with van der Waals surface area (Å²) in [6, 6.07) is 15.5. The van der Waals surface area contributed by atoms with Gasteiger partial charge in [-0.2, -0.15) is 0 Å². The lowest BCUT2D eigenvalue weighted by Gasteiger charge is -2.14. The average Bonchev–Trinajstić information content (AvgIpc) is 2.90. The topological polar surface area (TPSA) is 9.23 Å². The molecular formula is C18H19BrO. The van der Waals surface area contributed by atoms with Gasteiger partial charge in [-0.15, -0.1) is 0 Å². The van der Waals surface area contributed by atoms with Crippen LogP contribution in [0.1, 0.15) is 46.3 Å². The number of halogens is 1. The minimum Gasteiger partial charge on any atom is -0.497 e. The van der Waals surface area contributed by atoms with Crippen molar-refractivity contribution in [3.63, 3.8) is 0 Å². The molecule has 1 aliphatic rings. The molecule has 0 amide bonds. The lowest BCUT2D eigenvalue weighted by molar-refractivity contribution is 0.414. The van der Waals surface area contributed by atoms with Crippen molar-refractivity contribution in [1.29, 1.82) is 0 Å². The van der Waals surface area contributed by atoms with Gasteiger partial charge in [0.05, 0.1) is 7.11 Å². The molecule has 0 saturated carbocycles. The zero-order valence-electron chi connectivity index (χ0n) is 11.9. The van der Waals surface area contributed by atoms with E-state index in [2.05, 4.69) is 65.3 Å². The molecule has 104 valence electrons. The van der Waals surface area contributed by atoms with Gasteiger partial charge in [-0.05, 0) is 54.2 Å². The highest BCUT2D eigenvalue weighted by Gasteiger charge is 2.24. The Labute approximate surface area is 129 Å². The summed E-state index contributed by atoms with van der Waals surface area (Å²) in [5.74, 6) is 1.50. The lowest BCUT2D eigenvalue weighted by Crippen LogP contribution is -1.97. The second-order valence-corrected chi connectivity index (χ2v) is 6.81. The van der Waals surface area contributed by atoms with Gasteiger partial charge in [0.1, 0.15) is 5.75 Å². The van der Waals surface area contributed by atoms with Crippen molar-refractivity contribution in [2.45, 2.75) is 30.5 Å². The van der Waals surface area contributed by atoms with Crippen molar-refractivity contribution >= 4 is 15.9 Å². The van der Waals surface area contributed by atoms with Crippen LogP contribution in [0.4, 0.5) is 0 Å². The van der Waals surface area contributed by atoms with Gasteiger partial charge in [-0.25, -0.2) is 0 Å². The maximum atomic E-state index is 5.32. The Morgan fingerprint density at radius 2 is 1.90 bits per heavy atom. The summed E-state index contributed by atoms with van der Waals surface area (Å²) in [6.45, 7) is 2.16. The molecule has 2 aromatic rings. The second-order valence-electron chi connectivity index (χ2n) is 5.44. The fourth-order valence-corrected chi connectivity index (χ4v) is 3.37. The normalized spacial score (nSPS) is 18.6. The standard InChI is InChI=1S/C18H19BrO/c1-12(19)13-3-5-14(6-4-13)17-9-7-15-11-16(20-2)8-10-18(15)17/h3-6,8,10-12,17H,7,9H2,1-2H3. The molecule has 2 heteroatoms. The monoisotopic (exact) mass is 330 g/mol. The molecule has 0 saturated heterocycles. The smallest absolute Gasteiger partial charge is 0.119 e. The third kappa shape index (κ3) is 2.49. The molecule has 3 rings (SSSR count). The predicted octanol–water partition coefficient (Wildman–Crippen LogP) is 5.23. The fraction of sp³-hybridized carbons (Fsp3) is 0.333. The van der Waals surface area contributed by atoms with Crippen molar-refractivity contribution in [2.24, 2.45) is 0 Å². The van der Waals surface area contributed by atoms with Crippen molar-refractivity contribution in [1.82, 2.24) is 0 Å². The van der Waals surface area contributed by atoms with Gasteiger partial charge < -0.3 is 4.74 Å². The summed E-state index contributed by atoms with van der Waals surface area (Å²) in [7, 11) is 1.73. The first kappa shape index (κ1) is 13.7. The third-order valence-electron chi connectivity index (χ3n) is 4.23. The fourth-order valence-electron chi connectivity index (χ4n) is 3.06. The van der Waals surface area contributed by atoms with Gasteiger partial charge >= 0.3 is 0 Å². The van der Waals surface area contributed by atoms with Gasteiger partial charge in [0, 0.05) is 10.7 Å². The maximum absolute atomic E-state index is 5.32. The maximum Gasteiger partial charge on any atom is 0.119 e. The lowest BCUT2D eigenvalue weighted by atomic mass is 9.92. The minimum atomic E-state index is 0.414. The first-order valence-corrected chi connectivity index (χ1v) is 8.01. The number of benzene rings is 2. The summed E-state index contributed by atoms with van der Waals surface area (Å²) in [5, 5.41) is 0. The molecule has 2 atom stereocenters. The van der Waals surface area contributed by atoms with E-state index in [1.165, 1.54) is 28.7 Å². The van der Waals surface area contributed by atoms with Crippen LogP contribution in [0, 0.1) is 0 Å². The zero-order valence-corrected chi connectivity index (χ0v) is 13.5. The summed E-state index contributed by atoms with van der Waals surface area (Å²) < 4.78 is 5.32. The SMILES string of the molecule is COc1ccc2c(c1)CCC2c1ccc(C(C)Br)cc1. The number of methoxy groups -OCH3 is 1. The Kier molecular flexibility index (Phi) is 3.84. The van der Waals surface area contributed by atoms with Crippen molar-refractivity contribution < 1.29 is 4.74 Å². The Morgan fingerprint density at radius 3 is 2.55 bits per heavy atom. The van der Waals surface area contributed by atoms with Crippen LogP contribution in [-0.4, -0.2) is 7.11 Å². The molecule has 20 heavy (non-hydrogen) atoms. The van der Waals surface area contributed by atoms with E-state index in [0.717, 1.165) is 12.2 Å². The van der Waals surface area contributed by atoms with Crippen molar-refractivity contribution in [3.05, 3.63) is 64.7 Å². The molecule has 1 nitrogen and oxygen atoms in total. The number of aryl methyl sites for hydroxylation is 1. The molecule has 0 fully saturated rings. The summed E-state index contributed by atoms with van der Waals surface area (Å²) in [5.41, 5.74) is 5.66. The first-order chi connectivity index (χ1) is 9.69. The van der Waals surface area contributed by atoms with Crippen LogP contribution < -0.4 is 4.74 Å². The molecule has 1 aliphatic carbocycles. The number of ether oxygens (including phenoxy) is 1. The molecule has 0 aromatic heterocycles. The van der Waals surface area contributed by atoms with E-state index in [1.807, 2.05) is 0 Å². The number of hydrogen-bond donors (Lipinski definition) is 0. The number of rotatable bonds is 3. The molecule has 0 bridgehead atoms. The Hall–Kier alpha value is -1.28. The van der Waals surface area contributed by atoms with Gasteiger partial charge in [0.25, 0.3) is 0 Å². The molecule has 2 unspecified atom stereocenters. The highest BCUT2D eigenvalue weighted by molar-refractivity contribution is 9.09. The van der Waals surface area contributed by atoms with Crippen LogP contribution >= 0.6 is 15.9 Å². The summed E-state index contributed by atoms with van der Waals surface area (Å²) in [6.07, 6.45) is 2.35. The van der Waals surface area contributed by atoms with Gasteiger partial charge in [-0.1, -0.05) is 46.3 Å². The van der Waals surface area contributed by atoms with Crippen LogP contribution in [0.25, 0.3) is 0 Å². The Balaban J connectivity index is 1.90. The van der Waals surface area contributed by atoms with Gasteiger partial charge in [0.15, 0.2) is 0 Å². The Morgan fingerprint density at radius 1 is 1.15 bits per heavy atom. The molecule has 0 aliphatic heterocycles. The number of alkyl halides is 1. The molecule has 0 N–H and O–H groups in total.